The van der Waals surface area contributed by atoms with Crippen molar-refractivity contribution < 1.29 is 0 Å². The van der Waals surface area contributed by atoms with Gasteiger partial charge in [0.25, 0.3) is 0 Å². The Bertz CT molecular complexity index is 351. The molecule has 1 aromatic heterocycles. The van der Waals surface area contributed by atoms with Gasteiger partial charge in [-0.1, -0.05) is 13.8 Å². The Hall–Kier alpha value is -1.25. The van der Waals surface area contributed by atoms with Crippen molar-refractivity contribution in [3.8, 4) is 0 Å². The van der Waals surface area contributed by atoms with Crippen LogP contribution in [-0.4, -0.2) is 25.1 Å². The van der Waals surface area contributed by atoms with E-state index in [1.807, 2.05) is 13.2 Å². The average molecular weight is 219 g/mol. The van der Waals surface area contributed by atoms with Crippen molar-refractivity contribution in [2.45, 2.75) is 20.3 Å². The Morgan fingerprint density at radius 3 is 2.88 bits per heavy atom. The minimum absolute atomic E-state index is 0.778. The number of rotatable bonds is 2. The van der Waals surface area contributed by atoms with Gasteiger partial charge < -0.3 is 10.2 Å². The predicted octanol–water partition coefficient (Wildman–Crippen LogP) is 2.61. The summed E-state index contributed by atoms with van der Waals surface area (Å²) in [5.74, 6) is 2.57. The number of hydrogen-bond acceptors (Lipinski definition) is 3. The number of hydrogen-bond donors (Lipinski definition) is 1. The lowest BCUT2D eigenvalue weighted by atomic mass is 9.88. The third kappa shape index (κ3) is 2.29. The van der Waals surface area contributed by atoms with Gasteiger partial charge >= 0.3 is 0 Å². The lowest BCUT2D eigenvalue weighted by Gasteiger charge is -2.36. The molecule has 3 heteroatoms. The molecule has 0 bridgehead atoms. The predicted molar refractivity (Wildman–Crippen MR) is 68.9 cm³/mol. The summed E-state index contributed by atoms with van der Waals surface area (Å²) in [7, 11) is 1.91. The molecule has 0 amide bonds. The maximum absolute atomic E-state index is 4.25. The van der Waals surface area contributed by atoms with Crippen LogP contribution in [0.3, 0.4) is 0 Å². The van der Waals surface area contributed by atoms with E-state index in [1.54, 1.807) is 0 Å². The van der Waals surface area contributed by atoms with Crippen LogP contribution in [0.2, 0.25) is 0 Å². The van der Waals surface area contributed by atoms with Gasteiger partial charge in [-0.3, -0.25) is 0 Å². The lowest BCUT2D eigenvalue weighted by molar-refractivity contribution is 0.324. The van der Waals surface area contributed by atoms with E-state index >= 15 is 0 Å². The molecule has 1 N–H and O–H groups in total. The molecule has 1 aliphatic heterocycles. The molecule has 0 saturated carbocycles. The molecule has 1 aromatic rings. The topological polar surface area (TPSA) is 28.2 Å². The monoisotopic (exact) mass is 219 g/mol. The van der Waals surface area contributed by atoms with Crippen LogP contribution >= 0.6 is 0 Å². The lowest BCUT2D eigenvalue weighted by Crippen LogP contribution is -2.38. The molecule has 0 aliphatic carbocycles. The van der Waals surface area contributed by atoms with Crippen LogP contribution in [0.1, 0.15) is 20.3 Å². The number of nitrogens with one attached hydrogen (secondary N) is 1. The number of piperidine rings is 1. The van der Waals surface area contributed by atoms with Gasteiger partial charge in [0.05, 0.1) is 0 Å². The second kappa shape index (κ2) is 4.73. The summed E-state index contributed by atoms with van der Waals surface area (Å²) in [5.41, 5.74) is 1.29. The van der Waals surface area contributed by atoms with Crippen molar-refractivity contribution in [1.29, 1.82) is 0 Å². The third-order valence-corrected chi connectivity index (χ3v) is 3.70. The largest absolute Gasteiger partial charge is 0.373 e. The first-order valence-corrected chi connectivity index (χ1v) is 6.09. The second-order valence-electron chi connectivity index (χ2n) is 4.84. The van der Waals surface area contributed by atoms with E-state index in [2.05, 4.69) is 41.2 Å². The molecule has 2 heterocycles. The molecule has 0 aromatic carbocycles. The maximum atomic E-state index is 4.25. The molecular formula is C13H21N3. The number of aromatic nitrogens is 1. The summed E-state index contributed by atoms with van der Waals surface area (Å²) in [6.07, 6.45) is 3.17. The number of anilines is 2. The summed E-state index contributed by atoms with van der Waals surface area (Å²) in [5, 5.41) is 3.09. The average Bonchev–Trinajstić information content (AvgIpc) is 2.33. The molecular weight excluding hydrogens is 198 g/mol. The number of nitrogens with zero attached hydrogens (tertiary/aromatic N) is 2. The molecule has 1 aliphatic rings. The molecule has 16 heavy (non-hydrogen) atoms. The first-order chi connectivity index (χ1) is 7.70. The highest BCUT2D eigenvalue weighted by molar-refractivity contribution is 5.53. The van der Waals surface area contributed by atoms with Crippen LogP contribution in [0.5, 0.6) is 0 Å². The molecule has 3 nitrogen and oxygen atoms in total. The minimum Gasteiger partial charge on any atom is -0.373 e. The van der Waals surface area contributed by atoms with E-state index in [0.717, 1.165) is 24.2 Å². The van der Waals surface area contributed by atoms with Crippen molar-refractivity contribution in [2.75, 3.05) is 30.4 Å². The van der Waals surface area contributed by atoms with Crippen LogP contribution in [0, 0.1) is 11.8 Å². The van der Waals surface area contributed by atoms with Crippen molar-refractivity contribution in [1.82, 2.24) is 4.98 Å². The molecule has 0 spiro atoms. The van der Waals surface area contributed by atoms with E-state index in [-0.39, 0.29) is 0 Å². The van der Waals surface area contributed by atoms with Crippen LogP contribution in [0.15, 0.2) is 18.3 Å². The van der Waals surface area contributed by atoms with Crippen LogP contribution in [0.4, 0.5) is 11.5 Å². The van der Waals surface area contributed by atoms with Gasteiger partial charge in [0, 0.05) is 38.1 Å². The molecule has 1 saturated heterocycles. The Morgan fingerprint density at radius 1 is 1.38 bits per heavy atom. The van der Waals surface area contributed by atoms with E-state index in [1.165, 1.54) is 18.7 Å². The fourth-order valence-corrected chi connectivity index (χ4v) is 2.25. The Labute approximate surface area is 97.9 Å². The Morgan fingerprint density at radius 2 is 2.19 bits per heavy atom. The quantitative estimate of drug-likeness (QED) is 0.828. The minimum atomic E-state index is 0.778. The highest BCUT2D eigenvalue weighted by atomic mass is 15.1. The van der Waals surface area contributed by atoms with Gasteiger partial charge in [-0.2, -0.15) is 0 Å². The molecule has 88 valence electrons. The molecule has 0 radical (unpaired) electrons. The normalized spacial score (nSPS) is 25.6. The first kappa shape index (κ1) is 11.2. The summed E-state index contributed by atoms with van der Waals surface area (Å²) in [6, 6.07) is 4.23. The summed E-state index contributed by atoms with van der Waals surface area (Å²) < 4.78 is 0. The smallest absolute Gasteiger partial charge is 0.127 e. The van der Waals surface area contributed by atoms with E-state index in [9.17, 15) is 0 Å². The third-order valence-electron chi connectivity index (χ3n) is 3.70. The first-order valence-electron chi connectivity index (χ1n) is 6.09. The molecule has 2 atom stereocenters. The highest BCUT2D eigenvalue weighted by Crippen LogP contribution is 2.27. The SMILES string of the molecule is CNc1cc(N2CCC(C)C(C)C2)ccn1. The van der Waals surface area contributed by atoms with E-state index < -0.39 is 0 Å². The van der Waals surface area contributed by atoms with Crippen LogP contribution in [0.25, 0.3) is 0 Å². The van der Waals surface area contributed by atoms with Crippen LogP contribution < -0.4 is 10.2 Å². The van der Waals surface area contributed by atoms with Gasteiger partial charge in [0.15, 0.2) is 0 Å². The fourth-order valence-electron chi connectivity index (χ4n) is 2.25. The van der Waals surface area contributed by atoms with Gasteiger partial charge in [0.1, 0.15) is 5.82 Å². The van der Waals surface area contributed by atoms with Crippen molar-refractivity contribution in [3.05, 3.63) is 18.3 Å². The van der Waals surface area contributed by atoms with Crippen molar-refractivity contribution >= 4 is 11.5 Å². The summed E-state index contributed by atoms with van der Waals surface area (Å²) in [6.45, 7) is 7.03. The van der Waals surface area contributed by atoms with Crippen molar-refractivity contribution in [3.63, 3.8) is 0 Å². The van der Waals surface area contributed by atoms with Crippen LogP contribution in [-0.2, 0) is 0 Å². The highest BCUT2D eigenvalue weighted by Gasteiger charge is 2.22. The molecule has 2 unspecified atom stereocenters. The Kier molecular flexibility index (Phi) is 3.32. The summed E-state index contributed by atoms with van der Waals surface area (Å²) in [4.78, 5) is 6.71. The maximum Gasteiger partial charge on any atom is 0.127 e. The fraction of sp³-hybridized carbons (Fsp3) is 0.615. The Balaban J connectivity index is 2.12. The molecule has 1 fully saturated rings. The van der Waals surface area contributed by atoms with Gasteiger partial charge in [-0.15, -0.1) is 0 Å². The van der Waals surface area contributed by atoms with Gasteiger partial charge in [0.2, 0.25) is 0 Å². The zero-order valence-electron chi connectivity index (χ0n) is 10.4. The van der Waals surface area contributed by atoms with Gasteiger partial charge in [-0.05, 0) is 24.3 Å². The molecule has 2 rings (SSSR count). The zero-order chi connectivity index (χ0) is 11.5. The second-order valence-corrected chi connectivity index (χ2v) is 4.84. The number of pyridine rings is 1. The van der Waals surface area contributed by atoms with Gasteiger partial charge in [-0.25, -0.2) is 4.98 Å². The van der Waals surface area contributed by atoms with E-state index in [0.29, 0.717) is 0 Å². The van der Waals surface area contributed by atoms with E-state index in [4.69, 9.17) is 0 Å². The zero-order valence-corrected chi connectivity index (χ0v) is 10.4. The van der Waals surface area contributed by atoms with Crippen molar-refractivity contribution in [2.24, 2.45) is 11.8 Å². The standard InChI is InChI=1S/C13H21N3/c1-10-5-7-16(9-11(10)2)12-4-6-15-13(8-12)14-3/h4,6,8,10-11H,5,7,9H2,1-3H3,(H,14,15). The summed E-state index contributed by atoms with van der Waals surface area (Å²) >= 11 is 0.